The lowest BCUT2D eigenvalue weighted by molar-refractivity contribution is -0.116. The van der Waals surface area contributed by atoms with Gasteiger partial charge >= 0.3 is 6.03 Å². The van der Waals surface area contributed by atoms with Gasteiger partial charge in [-0.25, -0.2) is 4.79 Å². The summed E-state index contributed by atoms with van der Waals surface area (Å²) in [7, 11) is 0. The van der Waals surface area contributed by atoms with Gasteiger partial charge in [0.05, 0.1) is 0 Å². The van der Waals surface area contributed by atoms with Crippen LogP contribution < -0.4 is 22.1 Å². The minimum absolute atomic E-state index is 0.102. The number of nitrogen functional groups attached to an aromatic ring is 1. The highest BCUT2D eigenvalue weighted by atomic mass is 16.2. The molecule has 26 heavy (non-hydrogen) atoms. The predicted molar refractivity (Wildman–Crippen MR) is 98.5 cm³/mol. The van der Waals surface area contributed by atoms with Gasteiger partial charge in [-0.15, -0.1) is 0 Å². The van der Waals surface area contributed by atoms with E-state index < -0.39 is 11.9 Å². The largest absolute Gasteiger partial charge is 0.399 e. The predicted octanol–water partition coefficient (Wildman–Crippen LogP) is 1.67. The molecule has 3 rings (SSSR count). The Labute approximate surface area is 148 Å². The van der Waals surface area contributed by atoms with Crippen molar-refractivity contribution in [1.29, 1.82) is 0 Å². The number of aromatic nitrogens is 1. The third-order valence-electron chi connectivity index (χ3n) is 3.75. The minimum Gasteiger partial charge on any atom is -0.399 e. The average molecular weight is 351 g/mol. The molecule has 1 aromatic heterocycles. The first-order chi connectivity index (χ1) is 12.4. The number of fused-ring (bicyclic) bond motifs is 1. The van der Waals surface area contributed by atoms with Crippen molar-refractivity contribution < 1.29 is 14.4 Å². The maximum atomic E-state index is 12.3. The fraction of sp³-hybridized carbons (Fsp3) is 0.0556. The Morgan fingerprint density at radius 1 is 1.04 bits per heavy atom. The number of carbonyl (C=O) groups excluding carboxylic acids is 3. The maximum absolute atomic E-state index is 12.3. The Hall–Kier alpha value is -3.81. The van der Waals surface area contributed by atoms with Crippen molar-refractivity contribution in [2.24, 2.45) is 5.73 Å². The number of urea groups is 1. The van der Waals surface area contributed by atoms with Crippen molar-refractivity contribution >= 4 is 40.1 Å². The van der Waals surface area contributed by atoms with Gasteiger partial charge < -0.3 is 21.4 Å². The number of hydrogen-bond donors (Lipinski definition) is 4. The molecule has 3 aromatic rings. The van der Waals surface area contributed by atoms with Crippen molar-refractivity contribution in [2.45, 2.75) is 6.54 Å². The molecule has 0 radical (unpaired) electrons. The molecule has 0 aliphatic heterocycles. The third-order valence-corrected chi connectivity index (χ3v) is 3.75. The van der Waals surface area contributed by atoms with Crippen molar-refractivity contribution in [3.63, 3.8) is 0 Å². The van der Waals surface area contributed by atoms with E-state index in [-0.39, 0.29) is 18.0 Å². The number of amides is 4. The Kier molecular flexibility index (Phi) is 4.57. The first kappa shape index (κ1) is 17.0. The van der Waals surface area contributed by atoms with Crippen LogP contribution in [-0.4, -0.2) is 22.4 Å². The van der Waals surface area contributed by atoms with Crippen LogP contribution in [0.5, 0.6) is 0 Å². The molecule has 132 valence electrons. The van der Waals surface area contributed by atoms with Gasteiger partial charge in [0.1, 0.15) is 6.54 Å². The number of carbonyl (C=O) groups is 3. The molecule has 4 amide bonds. The Balaban J connectivity index is 1.71. The average Bonchev–Trinajstić information content (AvgIpc) is 2.96. The fourth-order valence-corrected chi connectivity index (χ4v) is 2.63. The van der Waals surface area contributed by atoms with E-state index in [0.29, 0.717) is 11.4 Å². The smallest absolute Gasteiger partial charge is 0.319 e. The highest BCUT2D eigenvalue weighted by Crippen LogP contribution is 2.19. The second kappa shape index (κ2) is 6.98. The molecule has 0 fully saturated rings. The molecule has 6 N–H and O–H groups in total. The summed E-state index contributed by atoms with van der Waals surface area (Å²) in [6, 6.07) is 12.6. The summed E-state index contributed by atoms with van der Waals surface area (Å²) in [5.41, 5.74) is 12.9. The van der Waals surface area contributed by atoms with Gasteiger partial charge in [0.25, 0.3) is 5.91 Å². The van der Waals surface area contributed by atoms with Gasteiger partial charge in [-0.1, -0.05) is 6.07 Å². The number of nitrogens with two attached hydrogens (primary N) is 2. The Morgan fingerprint density at radius 2 is 1.85 bits per heavy atom. The Morgan fingerprint density at radius 3 is 2.62 bits per heavy atom. The first-order valence-electron chi connectivity index (χ1n) is 7.77. The van der Waals surface area contributed by atoms with Crippen molar-refractivity contribution in [3.8, 4) is 0 Å². The standard InChI is InChI=1S/C18H17N5O3/c19-13-4-5-15-11(8-13)6-7-23(15)10-16(24)21-14-3-1-2-12(9-14)17(25)22-18(20)26/h1-9H,10,19H2,(H,21,24)(H3,20,22,25,26). The third kappa shape index (κ3) is 3.81. The van der Waals surface area contributed by atoms with Gasteiger partial charge in [0.15, 0.2) is 0 Å². The summed E-state index contributed by atoms with van der Waals surface area (Å²) in [6.07, 6.45) is 1.81. The van der Waals surface area contributed by atoms with Crippen LogP contribution in [-0.2, 0) is 11.3 Å². The zero-order valence-corrected chi connectivity index (χ0v) is 13.7. The lowest BCUT2D eigenvalue weighted by atomic mass is 10.2. The summed E-state index contributed by atoms with van der Waals surface area (Å²) in [5, 5.41) is 5.64. The minimum atomic E-state index is -0.940. The van der Waals surface area contributed by atoms with Crippen LogP contribution in [0.1, 0.15) is 10.4 Å². The van der Waals surface area contributed by atoms with Crippen LogP contribution in [0, 0.1) is 0 Å². The second-order valence-electron chi connectivity index (χ2n) is 5.71. The number of benzene rings is 2. The number of primary amides is 1. The molecule has 0 saturated carbocycles. The summed E-state index contributed by atoms with van der Waals surface area (Å²) >= 11 is 0. The van der Waals surface area contributed by atoms with E-state index in [0.717, 1.165) is 10.9 Å². The number of nitrogens with zero attached hydrogens (tertiary/aromatic N) is 1. The molecule has 8 heteroatoms. The normalized spacial score (nSPS) is 10.5. The molecule has 0 saturated heterocycles. The van der Waals surface area contributed by atoms with Crippen molar-refractivity contribution in [3.05, 3.63) is 60.3 Å². The zero-order valence-electron chi connectivity index (χ0n) is 13.7. The molecule has 8 nitrogen and oxygen atoms in total. The van der Waals surface area contributed by atoms with Crippen LogP contribution in [0.25, 0.3) is 10.9 Å². The number of hydrogen-bond acceptors (Lipinski definition) is 4. The van der Waals surface area contributed by atoms with E-state index in [9.17, 15) is 14.4 Å². The van der Waals surface area contributed by atoms with Gasteiger partial charge in [0, 0.05) is 34.0 Å². The highest BCUT2D eigenvalue weighted by molar-refractivity contribution is 6.04. The van der Waals surface area contributed by atoms with E-state index in [4.69, 9.17) is 11.5 Å². The molecule has 0 aliphatic rings. The molecular weight excluding hydrogens is 334 g/mol. The second-order valence-corrected chi connectivity index (χ2v) is 5.71. The number of imide groups is 1. The molecule has 0 atom stereocenters. The van der Waals surface area contributed by atoms with E-state index in [2.05, 4.69) is 5.32 Å². The highest BCUT2D eigenvalue weighted by Gasteiger charge is 2.10. The molecule has 0 aliphatic carbocycles. The van der Waals surface area contributed by atoms with E-state index in [1.165, 1.54) is 12.1 Å². The fourth-order valence-electron chi connectivity index (χ4n) is 2.63. The topological polar surface area (TPSA) is 132 Å². The molecule has 2 aromatic carbocycles. The summed E-state index contributed by atoms with van der Waals surface area (Å²) in [5.74, 6) is -0.894. The van der Waals surface area contributed by atoms with Crippen LogP contribution in [0.2, 0.25) is 0 Å². The SMILES string of the molecule is NC(=O)NC(=O)c1cccc(NC(=O)Cn2ccc3cc(N)ccc32)c1. The molecule has 0 spiro atoms. The molecular formula is C18H17N5O3. The van der Waals surface area contributed by atoms with Gasteiger partial charge in [0.2, 0.25) is 5.91 Å². The van der Waals surface area contributed by atoms with Crippen LogP contribution >= 0.6 is 0 Å². The van der Waals surface area contributed by atoms with E-state index in [1.54, 1.807) is 29.0 Å². The number of nitrogens with one attached hydrogen (secondary N) is 2. The van der Waals surface area contributed by atoms with Crippen LogP contribution in [0.15, 0.2) is 54.7 Å². The molecule has 1 heterocycles. The van der Waals surface area contributed by atoms with Gasteiger partial charge in [-0.3, -0.25) is 14.9 Å². The Bertz CT molecular complexity index is 1010. The first-order valence-corrected chi connectivity index (χ1v) is 7.77. The summed E-state index contributed by atoms with van der Waals surface area (Å²) < 4.78 is 1.80. The summed E-state index contributed by atoms with van der Waals surface area (Å²) in [6.45, 7) is 0.102. The molecule has 0 bridgehead atoms. The summed E-state index contributed by atoms with van der Waals surface area (Å²) in [4.78, 5) is 34.9. The van der Waals surface area contributed by atoms with Gasteiger partial charge in [-0.05, 0) is 42.5 Å². The number of anilines is 2. The van der Waals surface area contributed by atoms with Crippen LogP contribution in [0.3, 0.4) is 0 Å². The van der Waals surface area contributed by atoms with Crippen molar-refractivity contribution in [1.82, 2.24) is 9.88 Å². The lowest BCUT2D eigenvalue weighted by Crippen LogP contribution is -2.34. The monoisotopic (exact) mass is 351 g/mol. The lowest BCUT2D eigenvalue weighted by Gasteiger charge is -2.09. The van der Waals surface area contributed by atoms with E-state index in [1.807, 2.05) is 23.5 Å². The molecule has 0 unspecified atom stereocenters. The maximum Gasteiger partial charge on any atom is 0.319 e. The number of rotatable bonds is 4. The zero-order chi connectivity index (χ0) is 18.7. The van der Waals surface area contributed by atoms with Crippen LogP contribution in [0.4, 0.5) is 16.2 Å². The van der Waals surface area contributed by atoms with Crippen molar-refractivity contribution in [2.75, 3.05) is 11.1 Å². The van der Waals surface area contributed by atoms with E-state index >= 15 is 0 Å². The quantitative estimate of drug-likeness (QED) is 0.532. The van der Waals surface area contributed by atoms with Gasteiger partial charge in [-0.2, -0.15) is 0 Å².